The lowest BCUT2D eigenvalue weighted by atomic mass is 9.96. The van der Waals surface area contributed by atoms with Crippen molar-refractivity contribution in [2.75, 3.05) is 7.11 Å². The zero-order chi connectivity index (χ0) is 11.7. The first kappa shape index (κ1) is 14.9. The smallest absolute Gasteiger partial charge is 0.0852 e. The summed E-state index contributed by atoms with van der Waals surface area (Å²) in [6.45, 7) is 5.87. The Kier molecular flexibility index (Phi) is 8.07. The largest absolute Gasteiger partial charge is 0.388 e. The molecule has 2 heteroatoms. The van der Waals surface area contributed by atoms with Gasteiger partial charge >= 0.3 is 0 Å². The number of ether oxygens (including phenoxy) is 1. The fourth-order valence-corrected chi connectivity index (χ4v) is 1.87. The summed E-state index contributed by atoms with van der Waals surface area (Å²) in [6.07, 6.45) is 8.66. The van der Waals surface area contributed by atoms with Crippen molar-refractivity contribution in [1.82, 2.24) is 0 Å². The maximum atomic E-state index is 9.79. The molecule has 92 valence electrons. The molecule has 0 saturated carbocycles. The standard InChI is InChI=1S/C13H28O2/c1-5-6-7-8-9-10-11-12(15-4)13(2,3)14/h12,14H,5-11H2,1-4H3. The molecule has 0 fully saturated rings. The molecule has 2 nitrogen and oxygen atoms in total. The van der Waals surface area contributed by atoms with Gasteiger partial charge in [0.25, 0.3) is 0 Å². The van der Waals surface area contributed by atoms with Crippen molar-refractivity contribution >= 4 is 0 Å². The van der Waals surface area contributed by atoms with Crippen LogP contribution >= 0.6 is 0 Å². The monoisotopic (exact) mass is 216 g/mol. The van der Waals surface area contributed by atoms with Crippen molar-refractivity contribution in [1.29, 1.82) is 0 Å². The molecule has 0 aliphatic rings. The van der Waals surface area contributed by atoms with E-state index in [1.165, 1.54) is 32.1 Å². The van der Waals surface area contributed by atoms with Crippen LogP contribution in [-0.2, 0) is 4.74 Å². The number of rotatable bonds is 9. The third-order valence-electron chi connectivity index (χ3n) is 2.89. The third-order valence-corrected chi connectivity index (χ3v) is 2.89. The van der Waals surface area contributed by atoms with Crippen LogP contribution in [0.25, 0.3) is 0 Å². The van der Waals surface area contributed by atoms with Crippen LogP contribution in [-0.4, -0.2) is 23.9 Å². The maximum Gasteiger partial charge on any atom is 0.0852 e. The SMILES string of the molecule is CCCCCCCCC(OC)C(C)(C)O. The molecule has 0 aromatic carbocycles. The number of unbranched alkanes of at least 4 members (excludes halogenated alkanes) is 5. The molecule has 0 aromatic rings. The van der Waals surface area contributed by atoms with E-state index in [0.717, 1.165) is 12.8 Å². The van der Waals surface area contributed by atoms with E-state index >= 15 is 0 Å². The minimum absolute atomic E-state index is 0.0244. The summed E-state index contributed by atoms with van der Waals surface area (Å²) in [5.41, 5.74) is -0.710. The number of hydrogen-bond acceptors (Lipinski definition) is 2. The molecule has 0 aliphatic carbocycles. The third kappa shape index (κ3) is 7.80. The lowest BCUT2D eigenvalue weighted by Crippen LogP contribution is -2.37. The van der Waals surface area contributed by atoms with E-state index in [2.05, 4.69) is 6.92 Å². The predicted octanol–water partition coefficient (Wildman–Crippen LogP) is 3.52. The Bertz CT molecular complexity index is 138. The first-order valence-corrected chi connectivity index (χ1v) is 6.27. The molecule has 0 spiro atoms. The van der Waals surface area contributed by atoms with E-state index in [9.17, 15) is 5.11 Å². The van der Waals surface area contributed by atoms with Crippen LogP contribution in [0.3, 0.4) is 0 Å². The Labute approximate surface area is 95.0 Å². The summed E-state index contributed by atoms with van der Waals surface area (Å²) >= 11 is 0. The molecule has 0 radical (unpaired) electrons. The van der Waals surface area contributed by atoms with Gasteiger partial charge in [0.1, 0.15) is 0 Å². The first-order valence-electron chi connectivity index (χ1n) is 6.27. The Balaban J connectivity index is 3.48. The van der Waals surface area contributed by atoms with Crippen molar-refractivity contribution < 1.29 is 9.84 Å². The lowest BCUT2D eigenvalue weighted by Gasteiger charge is -2.27. The number of aliphatic hydroxyl groups is 1. The zero-order valence-corrected chi connectivity index (χ0v) is 10.9. The summed E-state index contributed by atoms with van der Waals surface area (Å²) < 4.78 is 5.29. The molecule has 0 amide bonds. The molecule has 0 bridgehead atoms. The highest BCUT2D eigenvalue weighted by molar-refractivity contribution is 4.77. The topological polar surface area (TPSA) is 29.5 Å². The molecule has 15 heavy (non-hydrogen) atoms. The van der Waals surface area contributed by atoms with Gasteiger partial charge in [-0.3, -0.25) is 0 Å². The van der Waals surface area contributed by atoms with Gasteiger partial charge in [0.05, 0.1) is 11.7 Å². The van der Waals surface area contributed by atoms with Gasteiger partial charge < -0.3 is 9.84 Å². The van der Waals surface area contributed by atoms with Crippen LogP contribution in [0, 0.1) is 0 Å². The van der Waals surface area contributed by atoms with Crippen LogP contribution in [0.1, 0.15) is 65.7 Å². The zero-order valence-electron chi connectivity index (χ0n) is 10.9. The van der Waals surface area contributed by atoms with Gasteiger partial charge in [0.15, 0.2) is 0 Å². The minimum atomic E-state index is -0.710. The molecule has 1 atom stereocenters. The van der Waals surface area contributed by atoms with Gasteiger partial charge in [-0.2, -0.15) is 0 Å². The fraction of sp³-hybridized carbons (Fsp3) is 1.00. The lowest BCUT2D eigenvalue weighted by molar-refractivity contribution is -0.0739. The van der Waals surface area contributed by atoms with Crippen molar-refractivity contribution in [3.63, 3.8) is 0 Å². The molecular weight excluding hydrogens is 188 g/mol. The summed E-state index contributed by atoms with van der Waals surface area (Å²) in [5.74, 6) is 0. The predicted molar refractivity (Wildman–Crippen MR) is 65.1 cm³/mol. The van der Waals surface area contributed by atoms with Crippen LogP contribution in [0.5, 0.6) is 0 Å². The van der Waals surface area contributed by atoms with E-state index in [-0.39, 0.29) is 6.10 Å². The van der Waals surface area contributed by atoms with Crippen molar-refractivity contribution in [3.05, 3.63) is 0 Å². The first-order chi connectivity index (χ1) is 7.02. The average molecular weight is 216 g/mol. The van der Waals surface area contributed by atoms with Crippen molar-refractivity contribution in [3.8, 4) is 0 Å². The maximum absolute atomic E-state index is 9.79. The van der Waals surface area contributed by atoms with Gasteiger partial charge in [-0.1, -0.05) is 45.4 Å². The van der Waals surface area contributed by atoms with E-state index < -0.39 is 5.60 Å². The highest BCUT2D eigenvalue weighted by Gasteiger charge is 2.25. The highest BCUT2D eigenvalue weighted by Crippen LogP contribution is 2.18. The fourth-order valence-electron chi connectivity index (χ4n) is 1.87. The Morgan fingerprint density at radius 1 is 1.07 bits per heavy atom. The van der Waals surface area contributed by atoms with Crippen molar-refractivity contribution in [2.24, 2.45) is 0 Å². The number of hydrogen-bond donors (Lipinski definition) is 1. The number of methoxy groups -OCH3 is 1. The van der Waals surface area contributed by atoms with Gasteiger partial charge in [-0.05, 0) is 20.3 Å². The minimum Gasteiger partial charge on any atom is -0.388 e. The summed E-state index contributed by atoms with van der Waals surface area (Å²) in [7, 11) is 1.68. The van der Waals surface area contributed by atoms with E-state index in [4.69, 9.17) is 4.74 Å². The molecule has 1 unspecified atom stereocenters. The molecule has 0 aliphatic heterocycles. The highest BCUT2D eigenvalue weighted by atomic mass is 16.5. The summed E-state index contributed by atoms with van der Waals surface area (Å²) in [4.78, 5) is 0. The molecule has 0 rings (SSSR count). The summed E-state index contributed by atoms with van der Waals surface area (Å²) in [6, 6.07) is 0. The second-order valence-electron chi connectivity index (χ2n) is 4.93. The second-order valence-corrected chi connectivity index (χ2v) is 4.93. The van der Waals surface area contributed by atoms with E-state index in [1.807, 2.05) is 13.8 Å². The quantitative estimate of drug-likeness (QED) is 0.597. The van der Waals surface area contributed by atoms with Crippen molar-refractivity contribution in [2.45, 2.75) is 77.4 Å². The molecular formula is C13H28O2. The van der Waals surface area contributed by atoms with Gasteiger partial charge in [0.2, 0.25) is 0 Å². The van der Waals surface area contributed by atoms with Gasteiger partial charge in [0, 0.05) is 7.11 Å². The Hall–Kier alpha value is -0.0800. The second kappa shape index (κ2) is 8.12. The summed E-state index contributed by atoms with van der Waals surface area (Å²) in [5, 5.41) is 9.79. The van der Waals surface area contributed by atoms with Crippen LogP contribution in [0.15, 0.2) is 0 Å². The van der Waals surface area contributed by atoms with Crippen LogP contribution in [0.4, 0.5) is 0 Å². The normalized spacial score (nSPS) is 14.2. The molecule has 0 aromatic heterocycles. The van der Waals surface area contributed by atoms with E-state index in [0.29, 0.717) is 0 Å². The van der Waals surface area contributed by atoms with Crippen LogP contribution < -0.4 is 0 Å². The van der Waals surface area contributed by atoms with Gasteiger partial charge in [-0.15, -0.1) is 0 Å². The Morgan fingerprint density at radius 3 is 2.07 bits per heavy atom. The molecule has 0 heterocycles. The Morgan fingerprint density at radius 2 is 1.60 bits per heavy atom. The van der Waals surface area contributed by atoms with E-state index in [1.54, 1.807) is 7.11 Å². The van der Waals surface area contributed by atoms with Gasteiger partial charge in [-0.25, -0.2) is 0 Å². The van der Waals surface area contributed by atoms with Crippen LogP contribution in [0.2, 0.25) is 0 Å². The molecule has 1 N–H and O–H groups in total. The average Bonchev–Trinajstić information content (AvgIpc) is 2.15. The molecule has 0 saturated heterocycles.